The molecule has 0 saturated heterocycles. The van der Waals surface area contributed by atoms with Crippen LogP contribution in [0.25, 0.3) is 11.1 Å². The van der Waals surface area contributed by atoms with Gasteiger partial charge in [-0.05, 0) is 34.4 Å². The van der Waals surface area contributed by atoms with Gasteiger partial charge in [-0.2, -0.15) is 0 Å². The van der Waals surface area contributed by atoms with Crippen molar-refractivity contribution >= 4 is 23.4 Å². The predicted molar refractivity (Wildman–Crippen MR) is 116 cm³/mol. The number of anilines is 1. The average Bonchev–Trinajstić information content (AvgIpc) is 3.07. The fourth-order valence-electron chi connectivity index (χ4n) is 3.56. The Kier molecular flexibility index (Phi) is 5.60. The summed E-state index contributed by atoms with van der Waals surface area (Å²) >= 11 is 5.99. The molecule has 4 rings (SSSR count). The Hall–Kier alpha value is -3.49. The number of hydrogen-bond acceptors (Lipinski definition) is 3. The zero-order chi connectivity index (χ0) is 21.1. The van der Waals surface area contributed by atoms with Crippen LogP contribution >= 0.6 is 11.6 Å². The minimum Gasteiger partial charge on any atom is -0.449 e. The molecule has 0 fully saturated rings. The van der Waals surface area contributed by atoms with E-state index in [4.69, 9.17) is 22.1 Å². The molecule has 1 aliphatic rings. The third kappa shape index (κ3) is 3.96. The summed E-state index contributed by atoms with van der Waals surface area (Å²) < 4.78 is 18.9. The number of nitrogens with one attached hydrogen (secondary N) is 1. The lowest BCUT2D eigenvalue weighted by Crippen LogP contribution is -2.26. The molecule has 0 aliphatic heterocycles. The number of rotatable bonds is 3. The highest BCUT2D eigenvalue weighted by molar-refractivity contribution is 6.32. The van der Waals surface area contributed by atoms with E-state index in [2.05, 4.69) is 41.4 Å². The number of ether oxygens (including phenoxy) is 1. The largest absolute Gasteiger partial charge is 0.449 e. The normalized spacial score (nSPS) is 11.8. The van der Waals surface area contributed by atoms with Crippen LogP contribution in [0.15, 0.2) is 60.7 Å². The lowest BCUT2D eigenvalue weighted by atomic mass is 9.98. The first-order valence-electron chi connectivity index (χ1n) is 9.37. The maximum absolute atomic E-state index is 13.5. The van der Waals surface area contributed by atoms with Gasteiger partial charge in [0, 0.05) is 11.5 Å². The van der Waals surface area contributed by atoms with Crippen LogP contribution in [0.1, 0.15) is 22.6 Å². The van der Waals surface area contributed by atoms with Gasteiger partial charge >= 0.3 is 6.09 Å². The maximum Gasteiger partial charge on any atom is 0.407 e. The van der Waals surface area contributed by atoms with Crippen molar-refractivity contribution in [2.45, 2.75) is 5.92 Å². The monoisotopic (exact) mass is 420 g/mol. The van der Waals surface area contributed by atoms with Gasteiger partial charge in [0.1, 0.15) is 12.4 Å². The van der Waals surface area contributed by atoms with Gasteiger partial charge < -0.3 is 15.8 Å². The van der Waals surface area contributed by atoms with Crippen LogP contribution in [0.4, 0.5) is 14.9 Å². The molecule has 0 atom stereocenters. The van der Waals surface area contributed by atoms with Crippen molar-refractivity contribution in [3.05, 3.63) is 88.2 Å². The first kappa shape index (κ1) is 19.8. The Morgan fingerprint density at radius 3 is 2.40 bits per heavy atom. The number of nitrogens with two attached hydrogens (primary N) is 1. The topological polar surface area (TPSA) is 64.3 Å². The highest BCUT2D eigenvalue weighted by Crippen LogP contribution is 2.44. The Labute approximate surface area is 178 Å². The van der Waals surface area contributed by atoms with E-state index in [1.54, 1.807) is 0 Å². The molecular weight excluding hydrogens is 403 g/mol. The number of carbonyl (C=O) groups excluding carboxylic acids is 1. The second kappa shape index (κ2) is 8.48. The van der Waals surface area contributed by atoms with Crippen LogP contribution in [0.2, 0.25) is 5.02 Å². The Bertz CT molecular complexity index is 1140. The van der Waals surface area contributed by atoms with Crippen LogP contribution < -0.4 is 11.1 Å². The van der Waals surface area contributed by atoms with E-state index in [0.717, 1.165) is 17.2 Å². The maximum atomic E-state index is 13.5. The second-order valence-corrected chi connectivity index (χ2v) is 7.24. The molecule has 3 aromatic carbocycles. The number of alkyl carbamates (subject to hydrolysis) is 1. The number of halogens is 2. The number of nitrogen functional groups attached to an aromatic ring is 1. The quantitative estimate of drug-likeness (QED) is 0.465. The van der Waals surface area contributed by atoms with E-state index in [0.29, 0.717) is 5.56 Å². The molecule has 0 unspecified atom stereocenters. The molecule has 0 radical (unpaired) electrons. The number of amides is 1. The predicted octanol–water partition coefficient (Wildman–Crippen LogP) is 4.95. The van der Waals surface area contributed by atoms with Gasteiger partial charge in [0.2, 0.25) is 0 Å². The highest BCUT2D eigenvalue weighted by Gasteiger charge is 2.28. The fraction of sp³-hybridized carbons (Fsp3) is 0.125. The third-order valence-corrected chi connectivity index (χ3v) is 5.29. The smallest absolute Gasteiger partial charge is 0.407 e. The molecular formula is C24H18ClFN2O2. The average molecular weight is 421 g/mol. The van der Waals surface area contributed by atoms with E-state index in [-0.39, 0.29) is 29.8 Å². The standard InChI is InChI=1S/C24H18ClFN2O2/c25-21-13-23(27)22(26)12-15(21)6-5-11-28-24(29)30-14-20-18-9-3-1-7-16(18)17-8-2-4-10-19(17)20/h1-4,7-10,12-13,20H,11,14,27H2,(H,28,29). The van der Waals surface area contributed by atoms with Crippen LogP contribution in [0.3, 0.4) is 0 Å². The molecule has 3 N–H and O–H groups in total. The molecule has 0 bridgehead atoms. The summed E-state index contributed by atoms with van der Waals surface area (Å²) in [6.07, 6.45) is -0.569. The first-order chi connectivity index (χ1) is 14.5. The minimum absolute atomic E-state index is 0.00852. The molecule has 0 aromatic heterocycles. The van der Waals surface area contributed by atoms with Crippen molar-refractivity contribution in [1.82, 2.24) is 5.32 Å². The van der Waals surface area contributed by atoms with E-state index in [9.17, 15) is 9.18 Å². The molecule has 150 valence electrons. The van der Waals surface area contributed by atoms with E-state index in [1.807, 2.05) is 24.3 Å². The number of hydrogen-bond donors (Lipinski definition) is 2. The molecule has 0 spiro atoms. The SMILES string of the molecule is Nc1cc(Cl)c(C#CCNC(=O)OCC2c3ccccc3-c3ccccc32)cc1F. The summed E-state index contributed by atoms with van der Waals surface area (Å²) in [7, 11) is 0. The molecule has 30 heavy (non-hydrogen) atoms. The number of carbonyl (C=O) groups is 1. The van der Waals surface area contributed by atoms with Crippen LogP contribution in [-0.4, -0.2) is 19.2 Å². The summed E-state index contributed by atoms with van der Waals surface area (Å²) in [5.41, 5.74) is 10.3. The summed E-state index contributed by atoms with van der Waals surface area (Å²) in [5.74, 6) is 4.84. The van der Waals surface area contributed by atoms with Gasteiger partial charge in [0.25, 0.3) is 0 Å². The molecule has 3 aromatic rings. The molecule has 4 nitrogen and oxygen atoms in total. The zero-order valence-electron chi connectivity index (χ0n) is 15.9. The third-order valence-electron chi connectivity index (χ3n) is 4.97. The summed E-state index contributed by atoms with van der Waals surface area (Å²) in [5, 5.41) is 2.83. The van der Waals surface area contributed by atoms with Crippen molar-refractivity contribution in [1.29, 1.82) is 0 Å². The van der Waals surface area contributed by atoms with Gasteiger partial charge in [-0.1, -0.05) is 72.0 Å². The van der Waals surface area contributed by atoms with Crippen molar-refractivity contribution < 1.29 is 13.9 Å². The molecule has 1 amide bonds. The van der Waals surface area contributed by atoms with Gasteiger partial charge in [-0.15, -0.1) is 0 Å². The summed E-state index contributed by atoms with van der Waals surface area (Å²) in [4.78, 5) is 12.1. The number of benzene rings is 3. The van der Waals surface area contributed by atoms with Gasteiger partial charge in [-0.3, -0.25) is 0 Å². The zero-order valence-corrected chi connectivity index (χ0v) is 16.7. The Morgan fingerprint density at radius 1 is 1.10 bits per heavy atom. The molecule has 1 aliphatic carbocycles. The fourth-order valence-corrected chi connectivity index (χ4v) is 3.78. The first-order valence-corrected chi connectivity index (χ1v) is 9.74. The lowest BCUT2D eigenvalue weighted by molar-refractivity contribution is 0.144. The van der Waals surface area contributed by atoms with E-state index < -0.39 is 11.9 Å². The number of fused-ring (bicyclic) bond motifs is 3. The van der Waals surface area contributed by atoms with Crippen LogP contribution in [0, 0.1) is 17.7 Å². The van der Waals surface area contributed by atoms with Gasteiger partial charge in [-0.25, -0.2) is 9.18 Å². The van der Waals surface area contributed by atoms with E-state index in [1.165, 1.54) is 17.2 Å². The Balaban J connectivity index is 1.36. The second-order valence-electron chi connectivity index (χ2n) is 6.83. The van der Waals surface area contributed by atoms with Gasteiger partial charge in [0.05, 0.1) is 17.3 Å². The highest BCUT2D eigenvalue weighted by atomic mass is 35.5. The minimum atomic E-state index is -0.590. The van der Waals surface area contributed by atoms with Crippen molar-refractivity contribution in [3.8, 4) is 23.0 Å². The Morgan fingerprint density at radius 2 is 1.73 bits per heavy atom. The van der Waals surface area contributed by atoms with Crippen LogP contribution in [0.5, 0.6) is 0 Å². The van der Waals surface area contributed by atoms with Crippen LogP contribution in [-0.2, 0) is 4.74 Å². The van der Waals surface area contributed by atoms with E-state index >= 15 is 0 Å². The molecule has 6 heteroatoms. The van der Waals surface area contributed by atoms with Crippen molar-refractivity contribution in [2.75, 3.05) is 18.9 Å². The van der Waals surface area contributed by atoms with Crippen molar-refractivity contribution in [2.24, 2.45) is 0 Å². The van der Waals surface area contributed by atoms with Gasteiger partial charge in [0.15, 0.2) is 0 Å². The summed E-state index contributed by atoms with van der Waals surface area (Å²) in [6.45, 7) is 0.265. The molecule has 0 heterocycles. The van der Waals surface area contributed by atoms with Crippen molar-refractivity contribution in [3.63, 3.8) is 0 Å². The lowest BCUT2D eigenvalue weighted by Gasteiger charge is -2.14. The molecule has 0 saturated carbocycles. The summed E-state index contributed by atoms with van der Waals surface area (Å²) in [6, 6.07) is 18.7.